The van der Waals surface area contributed by atoms with Crippen molar-refractivity contribution in [3.05, 3.63) is 49.8 Å². The first-order chi connectivity index (χ1) is 14.4. The highest BCUT2D eigenvalue weighted by atomic mass is 32.1. The molecule has 0 radical (unpaired) electrons. The van der Waals surface area contributed by atoms with Crippen LogP contribution in [-0.2, 0) is 24.2 Å². The van der Waals surface area contributed by atoms with Gasteiger partial charge in [0, 0.05) is 37.7 Å². The summed E-state index contributed by atoms with van der Waals surface area (Å²) in [6.45, 7) is 5.34. The van der Waals surface area contributed by atoms with Gasteiger partial charge in [0.05, 0.1) is 29.4 Å². The van der Waals surface area contributed by atoms with E-state index in [9.17, 15) is 14.4 Å². The Morgan fingerprint density at radius 2 is 2.17 bits per heavy atom. The topological polar surface area (TPSA) is 84.3 Å². The molecule has 2 aromatic rings. The van der Waals surface area contributed by atoms with Crippen molar-refractivity contribution in [2.75, 3.05) is 13.1 Å². The third-order valence-corrected chi connectivity index (χ3v) is 6.50. The molecule has 0 fully saturated rings. The number of amides is 2. The number of aromatic nitrogens is 2. The zero-order valence-electron chi connectivity index (χ0n) is 17.5. The van der Waals surface area contributed by atoms with E-state index in [0.29, 0.717) is 49.5 Å². The van der Waals surface area contributed by atoms with Crippen LogP contribution < -0.4 is 10.9 Å². The fourth-order valence-corrected chi connectivity index (χ4v) is 4.96. The molecule has 0 saturated heterocycles. The first-order valence-corrected chi connectivity index (χ1v) is 11.6. The number of thiophene rings is 1. The zero-order chi connectivity index (χ0) is 21.3. The first kappa shape index (κ1) is 20.8. The SMILES string of the molecule is CC(C)CC(=O)NCC1CCCc2nc3c(c(=O)n21)CN(C(=O)c1ccsc1)CC3. The molecule has 0 saturated carbocycles. The average molecular weight is 429 g/mol. The van der Waals surface area contributed by atoms with Gasteiger partial charge in [0.1, 0.15) is 5.82 Å². The lowest BCUT2D eigenvalue weighted by Crippen LogP contribution is -2.45. The number of carbonyl (C=O) groups is 2. The van der Waals surface area contributed by atoms with Crippen LogP contribution in [0.25, 0.3) is 0 Å². The lowest BCUT2D eigenvalue weighted by molar-refractivity contribution is -0.121. The zero-order valence-corrected chi connectivity index (χ0v) is 18.3. The van der Waals surface area contributed by atoms with E-state index < -0.39 is 0 Å². The van der Waals surface area contributed by atoms with Crippen LogP contribution in [0.5, 0.6) is 0 Å². The van der Waals surface area contributed by atoms with Gasteiger partial charge in [0.15, 0.2) is 0 Å². The number of aryl methyl sites for hydroxylation is 1. The van der Waals surface area contributed by atoms with Crippen molar-refractivity contribution in [1.82, 2.24) is 19.8 Å². The third kappa shape index (κ3) is 4.19. The molecule has 1 atom stereocenters. The van der Waals surface area contributed by atoms with Crippen molar-refractivity contribution in [3.63, 3.8) is 0 Å². The van der Waals surface area contributed by atoms with Gasteiger partial charge < -0.3 is 10.2 Å². The van der Waals surface area contributed by atoms with E-state index in [1.54, 1.807) is 9.47 Å². The van der Waals surface area contributed by atoms with Gasteiger partial charge in [-0.25, -0.2) is 4.98 Å². The largest absolute Gasteiger partial charge is 0.354 e. The minimum absolute atomic E-state index is 0.0172. The summed E-state index contributed by atoms with van der Waals surface area (Å²) in [4.78, 5) is 44.8. The van der Waals surface area contributed by atoms with Crippen LogP contribution in [0.15, 0.2) is 21.6 Å². The van der Waals surface area contributed by atoms with Gasteiger partial charge in [-0.1, -0.05) is 13.8 Å². The summed E-state index contributed by atoms with van der Waals surface area (Å²) in [6.07, 6.45) is 3.66. The van der Waals surface area contributed by atoms with E-state index in [4.69, 9.17) is 4.98 Å². The minimum atomic E-state index is -0.0851. The number of hydrogen-bond acceptors (Lipinski definition) is 5. The number of nitrogens with zero attached hydrogens (tertiary/aromatic N) is 3. The highest BCUT2D eigenvalue weighted by molar-refractivity contribution is 7.08. The van der Waals surface area contributed by atoms with Gasteiger partial charge in [-0.2, -0.15) is 11.3 Å². The van der Waals surface area contributed by atoms with E-state index in [1.807, 2.05) is 30.7 Å². The summed E-state index contributed by atoms with van der Waals surface area (Å²) in [6, 6.07) is 1.73. The molecule has 7 nitrogen and oxygen atoms in total. The van der Waals surface area contributed by atoms with Crippen molar-refractivity contribution in [2.24, 2.45) is 5.92 Å². The molecule has 1 unspecified atom stereocenters. The van der Waals surface area contributed by atoms with Crippen LogP contribution in [-0.4, -0.2) is 39.4 Å². The third-order valence-electron chi connectivity index (χ3n) is 5.82. The second-order valence-corrected chi connectivity index (χ2v) is 9.35. The second-order valence-electron chi connectivity index (χ2n) is 8.57. The van der Waals surface area contributed by atoms with Gasteiger partial charge in [0.2, 0.25) is 5.91 Å². The maximum absolute atomic E-state index is 13.4. The highest BCUT2D eigenvalue weighted by Crippen LogP contribution is 2.25. The van der Waals surface area contributed by atoms with E-state index in [2.05, 4.69) is 5.32 Å². The highest BCUT2D eigenvalue weighted by Gasteiger charge is 2.30. The van der Waals surface area contributed by atoms with Crippen LogP contribution in [0.3, 0.4) is 0 Å². The van der Waals surface area contributed by atoms with E-state index in [0.717, 1.165) is 30.8 Å². The number of hydrogen-bond donors (Lipinski definition) is 1. The second kappa shape index (κ2) is 8.71. The summed E-state index contributed by atoms with van der Waals surface area (Å²) < 4.78 is 1.77. The lowest BCUT2D eigenvalue weighted by atomic mass is 10.00. The van der Waals surface area contributed by atoms with Gasteiger partial charge in [-0.15, -0.1) is 0 Å². The first-order valence-electron chi connectivity index (χ1n) is 10.7. The molecule has 160 valence electrons. The number of carbonyl (C=O) groups excluding carboxylic acids is 2. The number of fused-ring (bicyclic) bond motifs is 2. The molecule has 2 aliphatic rings. The van der Waals surface area contributed by atoms with Crippen molar-refractivity contribution in [2.45, 2.75) is 58.5 Å². The Balaban J connectivity index is 1.57. The van der Waals surface area contributed by atoms with E-state index in [1.165, 1.54) is 11.3 Å². The summed E-state index contributed by atoms with van der Waals surface area (Å²) in [7, 11) is 0. The molecule has 2 amide bonds. The summed E-state index contributed by atoms with van der Waals surface area (Å²) >= 11 is 1.49. The average Bonchev–Trinajstić information content (AvgIpc) is 3.26. The fourth-order valence-electron chi connectivity index (χ4n) is 4.33. The molecule has 0 aliphatic carbocycles. The van der Waals surface area contributed by atoms with Crippen molar-refractivity contribution in [3.8, 4) is 0 Å². The molecule has 2 aromatic heterocycles. The molecule has 8 heteroatoms. The van der Waals surface area contributed by atoms with Crippen LogP contribution in [0.4, 0.5) is 0 Å². The molecule has 4 heterocycles. The van der Waals surface area contributed by atoms with Crippen LogP contribution in [0.1, 0.15) is 66.6 Å². The molecular formula is C22H28N4O3S. The van der Waals surface area contributed by atoms with E-state index in [-0.39, 0.29) is 23.4 Å². The minimum Gasteiger partial charge on any atom is -0.354 e. The van der Waals surface area contributed by atoms with Crippen molar-refractivity contribution in [1.29, 1.82) is 0 Å². The Kier molecular flexibility index (Phi) is 6.04. The summed E-state index contributed by atoms with van der Waals surface area (Å²) in [5, 5.41) is 6.71. The molecule has 2 aliphatic heterocycles. The molecule has 30 heavy (non-hydrogen) atoms. The molecular weight excluding hydrogens is 400 g/mol. The summed E-state index contributed by atoms with van der Waals surface area (Å²) in [5.41, 5.74) is 2.06. The van der Waals surface area contributed by atoms with Crippen LogP contribution in [0, 0.1) is 5.92 Å². The van der Waals surface area contributed by atoms with E-state index >= 15 is 0 Å². The predicted molar refractivity (Wildman–Crippen MR) is 116 cm³/mol. The van der Waals surface area contributed by atoms with Crippen LogP contribution >= 0.6 is 11.3 Å². The maximum atomic E-state index is 13.4. The monoisotopic (exact) mass is 428 g/mol. The standard InChI is InChI=1S/C22H28N4O3S/c1-14(2)10-20(27)23-11-16-4-3-5-19-24-18-6-8-25(12-17(18)22(29)26(16)19)21(28)15-7-9-30-13-15/h7,9,13-14,16H,3-6,8,10-12H2,1-2H3,(H,23,27). The van der Waals surface area contributed by atoms with Gasteiger partial charge >= 0.3 is 0 Å². The normalized spacial score (nSPS) is 18.1. The number of rotatable bonds is 5. The predicted octanol–water partition coefficient (Wildman–Crippen LogP) is 2.54. The molecule has 4 rings (SSSR count). The lowest BCUT2D eigenvalue weighted by Gasteiger charge is -2.32. The Morgan fingerprint density at radius 3 is 2.90 bits per heavy atom. The number of nitrogens with one attached hydrogen (secondary N) is 1. The van der Waals surface area contributed by atoms with Crippen molar-refractivity contribution >= 4 is 23.2 Å². The fraction of sp³-hybridized carbons (Fsp3) is 0.545. The molecule has 1 N–H and O–H groups in total. The Bertz CT molecular complexity index is 997. The van der Waals surface area contributed by atoms with Gasteiger partial charge in [-0.3, -0.25) is 19.0 Å². The van der Waals surface area contributed by atoms with Crippen molar-refractivity contribution < 1.29 is 9.59 Å². The molecule has 0 bridgehead atoms. The van der Waals surface area contributed by atoms with Gasteiger partial charge in [0.25, 0.3) is 11.5 Å². The Labute approximate surface area is 180 Å². The maximum Gasteiger partial charge on any atom is 0.259 e. The Hall–Kier alpha value is -2.48. The quantitative estimate of drug-likeness (QED) is 0.793. The smallest absolute Gasteiger partial charge is 0.259 e. The van der Waals surface area contributed by atoms with Gasteiger partial charge in [-0.05, 0) is 30.2 Å². The van der Waals surface area contributed by atoms with Crippen LogP contribution in [0.2, 0.25) is 0 Å². The Morgan fingerprint density at radius 1 is 1.33 bits per heavy atom. The molecule has 0 spiro atoms. The molecule has 0 aromatic carbocycles. The summed E-state index contributed by atoms with van der Waals surface area (Å²) in [5.74, 6) is 1.09.